The summed E-state index contributed by atoms with van der Waals surface area (Å²) >= 11 is 0. The van der Waals surface area contributed by atoms with E-state index < -0.39 is 7.60 Å². The minimum Gasteiger partial charge on any atom is -0.304 e. The molecule has 1 heterocycles. The fraction of sp³-hybridized carbons (Fsp3) is 0.278. The highest BCUT2D eigenvalue weighted by Crippen LogP contribution is 2.49. The Hall–Kier alpha value is -1.94. The molecule has 2 aromatic carbocycles. The Labute approximate surface area is 141 Å². The van der Waals surface area contributed by atoms with Crippen molar-refractivity contribution >= 4 is 23.9 Å². The summed E-state index contributed by atoms with van der Waals surface area (Å²) in [6.07, 6.45) is 0. The van der Waals surface area contributed by atoms with E-state index in [4.69, 9.17) is 9.05 Å². The van der Waals surface area contributed by atoms with Gasteiger partial charge in [-0.2, -0.15) is 5.10 Å². The summed E-state index contributed by atoms with van der Waals surface area (Å²) in [5.74, 6) is 0. The summed E-state index contributed by atoms with van der Waals surface area (Å²) in [6, 6.07) is 15.5. The molecule has 0 aliphatic rings. The molecule has 0 atom stereocenters. The molecule has 24 heavy (non-hydrogen) atoms. The molecule has 126 valence electrons. The molecule has 0 N–H and O–H groups in total. The van der Waals surface area contributed by atoms with Crippen molar-refractivity contribution in [3.8, 4) is 5.69 Å². The quantitative estimate of drug-likeness (QED) is 0.628. The van der Waals surface area contributed by atoms with Gasteiger partial charge in [-0.3, -0.25) is 4.57 Å². The highest BCUT2D eigenvalue weighted by Gasteiger charge is 2.34. The fourth-order valence-electron chi connectivity index (χ4n) is 2.75. The van der Waals surface area contributed by atoms with E-state index in [-0.39, 0.29) is 0 Å². The van der Waals surface area contributed by atoms with Crippen LogP contribution in [0.2, 0.25) is 0 Å². The van der Waals surface area contributed by atoms with E-state index in [0.717, 1.165) is 22.2 Å². The van der Waals surface area contributed by atoms with E-state index in [2.05, 4.69) is 5.10 Å². The molecule has 0 bridgehead atoms. The van der Waals surface area contributed by atoms with Crippen LogP contribution in [0.4, 0.5) is 0 Å². The lowest BCUT2D eigenvalue weighted by Gasteiger charge is -2.19. The lowest BCUT2D eigenvalue weighted by molar-refractivity contribution is 0.229. The predicted molar refractivity (Wildman–Crippen MR) is 96.3 cm³/mol. The van der Waals surface area contributed by atoms with Crippen molar-refractivity contribution in [2.75, 3.05) is 13.2 Å². The molecule has 0 aliphatic carbocycles. The maximum absolute atomic E-state index is 13.5. The van der Waals surface area contributed by atoms with E-state index in [9.17, 15) is 4.57 Å². The standard InChI is InChI=1S/C18H21N2O3P/c1-4-22-24(21,23-5-2)18-15-11-7-8-12-16(15)19-20(18)17-13-9-6-10-14(17)3/h6-13H,4-5H2,1-3H3. The van der Waals surface area contributed by atoms with Gasteiger partial charge in [0.25, 0.3) is 0 Å². The van der Waals surface area contributed by atoms with Crippen LogP contribution in [0.3, 0.4) is 0 Å². The average molecular weight is 344 g/mol. The van der Waals surface area contributed by atoms with E-state index in [1.807, 2.05) is 69.3 Å². The summed E-state index contributed by atoms with van der Waals surface area (Å²) in [5, 5.41) is 5.44. The van der Waals surface area contributed by atoms with Crippen molar-refractivity contribution in [1.29, 1.82) is 0 Å². The van der Waals surface area contributed by atoms with Crippen LogP contribution >= 0.6 is 7.60 Å². The maximum atomic E-state index is 13.5. The van der Waals surface area contributed by atoms with Crippen molar-refractivity contribution in [3.63, 3.8) is 0 Å². The second kappa shape index (κ2) is 6.89. The third kappa shape index (κ3) is 2.91. The third-order valence-corrected chi connectivity index (χ3v) is 5.90. The van der Waals surface area contributed by atoms with Gasteiger partial charge in [-0.05, 0) is 38.5 Å². The summed E-state index contributed by atoms with van der Waals surface area (Å²) in [4.78, 5) is 0. The van der Waals surface area contributed by atoms with Crippen LogP contribution in [0.15, 0.2) is 48.5 Å². The lowest BCUT2D eigenvalue weighted by atomic mass is 10.2. The molecule has 0 unspecified atom stereocenters. The zero-order chi connectivity index (χ0) is 17.2. The van der Waals surface area contributed by atoms with Gasteiger partial charge in [0.2, 0.25) is 0 Å². The van der Waals surface area contributed by atoms with Crippen LogP contribution in [0, 0.1) is 6.92 Å². The molecule has 0 spiro atoms. The highest BCUT2D eigenvalue weighted by molar-refractivity contribution is 7.62. The molecule has 6 heteroatoms. The van der Waals surface area contributed by atoms with Crippen LogP contribution in [0.5, 0.6) is 0 Å². The minimum atomic E-state index is -3.49. The Morgan fingerprint density at radius 1 is 1.00 bits per heavy atom. The number of nitrogens with zero attached hydrogens (tertiary/aromatic N) is 2. The van der Waals surface area contributed by atoms with Gasteiger partial charge in [-0.15, -0.1) is 0 Å². The number of benzene rings is 2. The minimum absolute atomic E-state index is 0.296. The van der Waals surface area contributed by atoms with Gasteiger partial charge in [0.1, 0.15) is 0 Å². The van der Waals surface area contributed by atoms with Crippen LogP contribution < -0.4 is 5.44 Å². The molecular weight excluding hydrogens is 323 g/mol. The van der Waals surface area contributed by atoms with E-state index >= 15 is 0 Å². The maximum Gasteiger partial charge on any atom is 0.380 e. The molecule has 3 aromatic rings. The molecule has 0 saturated heterocycles. The van der Waals surface area contributed by atoms with Gasteiger partial charge in [0.15, 0.2) is 5.44 Å². The molecule has 1 aromatic heterocycles. The van der Waals surface area contributed by atoms with Crippen molar-refractivity contribution < 1.29 is 13.6 Å². The number of hydrogen-bond donors (Lipinski definition) is 0. The van der Waals surface area contributed by atoms with Crippen molar-refractivity contribution in [2.45, 2.75) is 20.8 Å². The second-order valence-corrected chi connectivity index (χ2v) is 7.31. The Morgan fingerprint density at radius 3 is 2.29 bits per heavy atom. The van der Waals surface area contributed by atoms with Gasteiger partial charge < -0.3 is 9.05 Å². The molecule has 0 saturated carbocycles. The van der Waals surface area contributed by atoms with Gasteiger partial charge in [-0.25, -0.2) is 4.68 Å². The zero-order valence-electron chi connectivity index (χ0n) is 14.1. The number of aryl methyl sites for hydroxylation is 1. The first kappa shape index (κ1) is 16.9. The number of para-hydroxylation sites is 1. The molecule has 0 amide bonds. The van der Waals surface area contributed by atoms with Gasteiger partial charge in [0, 0.05) is 5.39 Å². The SMILES string of the molecule is CCOP(=O)(OCC)c1c2ccccc2nn1-c1ccccc1C. The third-order valence-electron chi connectivity index (χ3n) is 3.75. The molecule has 0 aliphatic heterocycles. The zero-order valence-corrected chi connectivity index (χ0v) is 15.0. The predicted octanol–water partition coefficient (Wildman–Crippen LogP) is 4.23. The molecular formula is C18H21N2O3P. The largest absolute Gasteiger partial charge is 0.380 e. The number of rotatable bonds is 6. The summed E-state index contributed by atoms with van der Waals surface area (Å²) in [5.41, 5.74) is 3.14. The van der Waals surface area contributed by atoms with Crippen LogP contribution in [0.25, 0.3) is 16.6 Å². The lowest BCUT2D eigenvalue weighted by Crippen LogP contribution is -2.21. The smallest absolute Gasteiger partial charge is 0.304 e. The first-order chi connectivity index (χ1) is 11.6. The molecule has 0 radical (unpaired) electrons. The normalized spacial score (nSPS) is 12.0. The summed E-state index contributed by atoms with van der Waals surface area (Å²) < 4.78 is 26.4. The Bertz CT molecular complexity index is 894. The van der Waals surface area contributed by atoms with E-state index in [0.29, 0.717) is 18.6 Å². The Kier molecular flexibility index (Phi) is 4.86. The van der Waals surface area contributed by atoms with Crippen LogP contribution in [-0.2, 0) is 13.6 Å². The van der Waals surface area contributed by atoms with Crippen LogP contribution in [-0.4, -0.2) is 23.0 Å². The number of hydrogen-bond acceptors (Lipinski definition) is 4. The van der Waals surface area contributed by atoms with Crippen molar-refractivity contribution in [2.24, 2.45) is 0 Å². The molecule has 3 rings (SSSR count). The number of aromatic nitrogens is 2. The van der Waals surface area contributed by atoms with Gasteiger partial charge in [-0.1, -0.05) is 36.4 Å². The van der Waals surface area contributed by atoms with Gasteiger partial charge >= 0.3 is 7.60 Å². The monoisotopic (exact) mass is 344 g/mol. The number of fused-ring (bicyclic) bond motifs is 1. The first-order valence-electron chi connectivity index (χ1n) is 8.04. The van der Waals surface area contributed by atoms with Crippen molar-refractivity contribution in [1.82, 2.24) is 9.78 Å². The average Bonchev–Trinajstić information content (AvgIpc) is 2.95. The van der Waals surface area contributed by atoms with E-state index in [1.54, 1.807) is 4.68 Å². The fourth-order valence-corrected chi connectivity index (χ4v) is 4.62. The highest BCUT2D eigenvalue weighted by atomic mass is 31.2. The second-order valence-electron chi connectivity index (χ2n) is 5.37. The first-order valence-corrected chi connectivity index (χ1v) is 9.58. The van der Waals surface area contributed by atoms with Crippen LogP contribution in [0.1, 0.15) is 19.4 Å². The Morgan fingerprint density at radius 2 is 1.62 bits per heavy atom. The summed E-state index contributed by atoms with van der Waals surface area (Å²) in [7, 11) is -3.49. The Balaban J connectivity index is 2.34. The summed E-state index contributed by atoms with van der Waals surface area (Å²) in [6.45, 7) is 6.21. The van der Waals surface area contributed by atoms with Crippen molar-refractivity contribution in [3.05, 3.63) is 54.1 Å². The molecule has 0 fully saturated rings. The topological polar surface area (TPSA) is 53.4 Å². The molecule has 5 nitrogen and oxygen atoms in total. The van der Waals surface area contributed by atoms with Gasteiger partial charge in [0.05, 0.1) is 24.4 Å². The van der Waals surface area contributed by atoms with E-state index in [1.165, 1.54) is 0 Å².